The number of carbonyl (C=O) groups excluding carboxylic acids is 1. The Bertz CT molecular complexity index is 873. The van der Waals surface area contributed by atoms with Crippen LogP contribution in [0.15, 0.2) is 53.4 Å². The fourth-order valence-electron chi connectivity index (χ4n) is 2.91. The number of piperidine rings is 1. The number of anilines is 1. The van der Waals surface area contributed by atoms with Crippen LogP contribution in [0.2, 0.25) is 0 Å². The molecule has 1 heterocycles. The number of hydrogen-bond acceptors (Lipinski definition) is 4. The minimum atomic E-state index is -3.70. The first-order valence-electron chi connectivity index (χ1n) is 8.66. The molecule has 0 aromatic heterocycles. The van der Waals surface area contributed by atoms with Gasteiger partial charge in [0, 0.05) is 11.6 Å². The van der Waals surface area contributed by atoms with Crippen LogP contribution in [-0.2, 0) is 10.0 Å². The molecule has 0 saturated carbocycles. The molecule has 7 heteroatoms. The Kier molecular flexibility index (Phi) is 5.58. The Labute approximate surface area is 154 Å². The summed E-state index contributed by atoms with van der Waals surface area (Å²) in [6, 6.07) is 13.3. The van der Waals surface area contributed by atoms with Crippen LogP contribution in [-0.4, -0.2) is 33.5 Å². The Balaban J connectivity index is 1.70. The Morgan fingerprint density at radius 1 is 1.04 bits per heavy atom. The van der Waals surface area contributed by atoms with E-state index in [9.17, 15) is 13.2 Å². The summed E-state index contributed by atoms with van der Waals surface area (Å²) in [6.45, 7) is 3.63. The molecule has 0 aliphatic carbocycles. The zero-order valence-electron chi connectivity index (χ0n) is 14.7. The summed E-state index contributed by atoms with van der Waals surface area (Å²) in [7, 11) is -3.70. The van der Waals surface area contributed by atoms with Crippen LogP contribution in [0.4, 0.5) is 5.69 Å². The molecule has 0 atom stereocenters. The number of carbonyl (C=O) groups is 1. The number of rotatable bonds is 5. The molecule has 1 saturated heterocycles. The highest BCUT2D eigenvalue weighted by molar-refractivity contribution is 7.92. The van der Waals surface area contributed by atoms with E-state index in [1.807, 2.05) is 19.1 Å². The first-order chi connectivity index (χ1) is 12.5. The second kappa shape index (κ2) is 7.88. The van der Waals surface area contributed by atoms with Crippen LogP contribution in [0.1, 0.15) is 28.8 Å². The molecule has 1 aliphatic heterocycles. The maximum atomic E-state index is 12.5. The van der Waals surface area contributed by atoms with Gasteiger partial charge in [-0.2, -0.15) is 0 Å². The molecular formula is C19H23N3O3S. The lowest BCUT2D eigenvalue weighted by molar-refractivity contribution is 0.0929. The van der Waals surface area contributed by atoms with E-state index < -0.39 is 10.0 Å². The smallest absolute Gasteiger partial charge is 0.261 e. The Morgan fingerprint density at radius 2 is 1.69 bits per heavy atom. The van der Waals surface area contributed by atoms with Crippen molar-refractivity contribution in [2.24, 2.45) is 0 Å². The van der Waals surface area contributed by atoms with Crippen molar-refractivity contribution in [2.45, 2.75) is 30.7 Å². The third-order valence-corrected chi connectivity index (χ3v) is 5.87. The topological polar surface area (TPSA) is 87.3 Å². The lowest BCUT2D eigenvalue weighted by Gasteiger charge is -2.23. The number of amides is 1. The molecule has 26 heavy (non-hydrogen) atoms. The molecule has 0 bridgehead atoms. The molecule has 138 valence electrons. The van der Waals surface area contributed by atoms with Crippen LogP contribution in [0.3, 0.4) is 0 Å². The highest BCUT2D eigenvalue weighted by atomic mass is 32.2. The van der Waals surface area contributed by atoms with Crippen LogP contribution < -0.4 is 15.4 Å². The van der Waals surface area contributed by atoms with Gasteiger partial charge in [-0.1, -0.05) is 18.2 Å². The second-order valence-corrected chi connectivity index (χ2v) is 8.12. The Hall–Kier alpha value is -2.38. The summed E-state index contributed by atoms with van der Waals surface area (Å²) < 4.78 is 27.6. The summed E-state index contributed by atoms with van der Waals surface area (Å²) in [5, 5.41) is 6.25. The van der Waals surface area contributed by atoms with Gasteiger partial charge in [-0.15, -0.1) is 0 Å². The standard InChI is InChI=1S/C19H23N3O3S/c1-14-4-2-3-5-18(14)22-26(24,25)17-8-6-15(7-9-17)19(23)21-16-10-12-20-13-11-16/h2-9,16,20,22H,10-13H2,1H3,(H,21,23). The zero-order valence-corrected chi connectivity index (χ0v) is 15.5. The van der Waals surface area contributed by atoms with Gasteiger partial charge < -0.3 is 10.6 Å². The Morgan fingerprint density at radius 3 is 2.35 bits per heavy atom. The summed E-state index contributed by atoms with van der Waals surface area (Å²) in [6.07, 6.45) is 1.80. The lowest BCUT2D eigenvalue weighted by atomic mass is 10.1. The molecule has 1 aliphatic rings. The van der Waals surface area contributed by atoms with Crippen LogP contribution >= 0.6 is 0 Å². The van der Waals surface area contributed by atoms with Crippen molar-refractivity contribution in [3.63, 3.8) is 0 Å². The highest BCUT2D eigenvalue weighted by Gasteiger charge is 2.18. The first kappa shape index (κ1) is 18.4. The monoisotopic (exact) mass is 373 g/mol. The SMILES string of the molecule is Cc1ccccc1NS(=O)(=O)c1ccc(C(=O)NC2CCNCC2)cc1. The van der Waals surface area contributed by atoms with Crippen molar-refractivity contribution in [1.29, 1.82) is 0 Å². The molecule has 1 amide bonds. The van der Waals surface area contributed by atoms with E-state index >= 15 is 0 Å². The minimum absolute atomic E-state index is 0.124. The maximum Gasteiger partial charge on any atom is 0.261 e. The van der Waals surface area contributed by atoms with Crippen LogP contribution in [0, 0.1) is 6.92 Å². The van der Waals surface area contributed by atoms with Crippen molar-refractivity contribution >= 4 is 21.6 Å². The van der Waals surface area contributed by atoms with Crippen LogP contribution in [0.5, 0.6) is 0 Å². The highest BCUT2D eigenvalue weighted by Crippen LogP contribution is 2.19. The van der Waals surface area contributed by atoms with Gasteiger partial charge in [0.2, 0.25) is 0 Å². The number of aryl methyl sites for hydroxylation is 1. The van der Waals surface area contributed by atoms with Gasteiger partial charge in [0.1, 0.15) is 0 Å². The summed E-state index contributed by atoms with van der Waals surface area (Å²) in [5.74, 6) is -0.173. The molecule has 0 unspecified atom stereocenters. The number of benzene rings is 2. The average molecular weight is 373 g/mol. The van der Waals surface area contributed by atoms with Gasteiger partial charge in [0.05, 0.1) is 10.6 Å². The molecule has 2 aromatic carbocycles. The largest absolute Gasteiger partial charge is 0.349 e. The summed E-state index contributed by atoms with van der Waals surface area (Å²) in [5.41, 5.74) is 1.84. The van der Waals surface area contributed by atoms with Gasteiger partial charge in [-0.3, -0.25) is 9.52 Å². The molecule has 0 spiro atoms. The first-order valence-corrected chi connectivity index (χ1v) is 10.1. The van der Waals surface area contributed by atoms with Crippen molar-refractivity contribution in [2.75, 3.05) is 17.8 Å². The van der Waals surface area contributed by atoms with E-state index in [0.717, 1.165) is 31.5 Å². The number of nitrogens with one attached hydrogen (secondary N) is 3. The van der Waals surface area contributed by atoms with E-state index in [-0.39, 0.29) is 16.8 Å². The zero-order chi connectivity index (χ0) is 18.6. The third kappa shape index (κ3) is 4.42. The fourth-order valence-corrected chi connectivity index (χ4v) is 4.04. The van der Waals surface area contributed by atoms with Gasteiger partial charge >= 0.3 is 0 Å². The van der Waals surface area contributed by atoms with E-state index in [1.54, 1.807) is 24.3 Å². The van der Waals surface area contributed by atoms with Gasteiger partial charge in [-0.05, 0) is 68.8 Å². The van der Waals surface area contributed by atoms with Gasteiger partial charge in [0.15, 0.2) is 0 Å². The third-order valence-electron chi connectivity index (χ3n) is 4.49. The average Bonchev–Trinajstić information content (AvgIpc) is 2.64. The normalized spacial score (nSPS) is 15.4. The fraction of sp³-hybridized carbons (Fsp3) is 0.316. The quantitative estimate of drug-likeness (QED) is 0.750. The van der Waals surface area contributed by atoms with Crippen molar-refractivity contribution in [3.8, 4) is 0 Å². The number of hydrogen-bond donors (Lipinski definition) is 3. The van der Waals surface area contributed by atoms with Gasteiger partial charge in [0.25, 0.3) is 15.9 Å². The molecule has 0 radical (unpaired) electrons. The molecular weight excluding hydrogens is 350 g/mol. The minimum Gasteiger partial charge on any atom is -0.349 e. The molecule has 1 fully saturated rings. The summed E-state index contributed by atoms with van der Waals surface area (Å²) in [4.78, 5) is 12.4. The van der Waals surface area contributed by atoms with Gasteiger partial charge in [-0.25, -0.2) is 8.42 Å². The molecule has 2 aromatic rings. The van der Waals surface area contributed by atoms with Crippen molar-refractivity contribution < 1.29 is 13.2 Å². The summed E-state index contributed by atoms with van der Waals surface area (Å²) >= 11 is 0. The van der Waals surface area contributed by atoms with Crippen molar-refractivity contribution in [3.05, 3.63) is 59.7 Å². The van der Waals surface area contributed by atoms with E-state index in [2.05, 4.69) is 15.4 Å². The number of sulfonamides is 1. The van der Waals surface area contributed by atoms with E-state index in [4.69, 9.17) is 0 Å². The van der Waals surface area contributed by atoms with Crippen LogP contribution in [0.25, 0.3) is 0 Å². The van der Waals surface area contributed by atoms with E-state index in [0.29, 0.717) is 11.3 Å². The molecule has 3 N–H and O–H groups in total. The molecule has 6 nitrogen and oxygen atoms in total. The predicted octanol–water partition coefficient (Wildman–Crippen LogP) is 2.28. The molecule has 3 rings (SSSR count). The second-order valence-electron chi connectivity index (χ2n) is 6.44. The van der Waals surface area contributed by atoms with E-state index in [1.165, 1.54) is 12.1 Å². The van der Waals surface area contributed by atoms with Crippen molar-refractivity contribution in [1.82, 2.24) is 10.6 Å². The maximum absolute atomic E-state index is 12.5. The lowest BCUT2D eigenvalue weighted by Crippen LogP contribution is -2.42. The predicted molar refractivity (Wildman–Crippen MR) is 102 cm³/mol. The number of para-hydroxylation sites is 1.